The van der Waals surface area contributed by atoms with Crippen molar-refractivity contribution in [3.05, 3.63) is 42.3 Å². The van der Waals surface area contributed by atoms with Crippen molar-refractivity contribution in [2.45, 2.75) is 63.8 Å². The summed E-state index contributed by atoms with van der Waals surface area (Å²) in [6.07, 6.45) is 0.771. The Bertz CT molecular complexity index is 1700. The highest BCUT2D eigenvalue weighted by Gasteiger charge is 2.62. The van der Waals surface area contributed by atoms with Gasteiger partial charge in [-0.1, -0.05) is 6.08 Å². The number of carbonyl (C=O) groups excluding carboxylic acids is 4. The van der Waals surface area contributed by atoms with Gasteiger partial charge in [0, 0.05) is 42.2 Å². The van der Waals surface area contributed by atoms with E-state index < -0.39 is 41.3 Å². The van der Waals surface area contributed by atoms with Gasteiger partial charge in [-0.25, -0.2) is 19.6 Å². The molecule has 0 radical (unpaired) electrons. The molecule has 46 heavy (non-hydrogen) atoms. The van der Waals surface area contributed by atoms with E-state index in [-0.39, 0.29) is 24.8 Å². The first-order chi connectivity index (χ1) is 21.8. The molecule has 3 aromatic rings. The molecule has 3 heterocycles. The maximum absolute atomic E-state index is 13.7. The third-order valence-electron chi connectivity index (χ3n) is 7.71. The van der Waals surface area contributed by atoms with Crippen molar-refractivity contribution in [2.75, 3.05) is 26.1 Å². The number of likely N-dealkylation sites (tertiary alicyclic amines) is 1. The van der Waals surface area contributed by atoms with E-state index in [0.29, 0.717) is 45.3 Å². The van der Waals surface area contributed by atoms with Crippen molar-refractivity contribution in [1.82, 2.24) is 20.2 Å². The standard InChI is InChI=1S/C32H37N5O8S/c1-8-18-14-32(18,28(40)43-7)36-27(39)25-12-20(15-37(25)30(41)45-31(3,4)5)44-26-13-23(24-16-46-29(35-24)33-17(2)38)34-22-11-19(42-6)9-10-21(22)26/h8-11,13,16,18,20,25H,1,12,14-15H2,2-7H3,(H,36,39)(H,33,35,38)/t18?,20?,25-,32+/m0/s1. The van der Waals surface area contributed by atoms with Gasteiger partial charge in [0.15, 0.2) is 5.13 Å². The van der Waals surface area contributed by atoms with Gasteiger partial charge in [0.1, 0.15) is 40.5 Å². The van der Waals surface area contributed by atoms with Crippen LogP contribution in [0.15, 0.2) is 42.3 Å². The van der Waals surface area contributed by atoms with Crippen molar-refractivity contribution in [1.29, 1.82) is 0 Å². The van der Waals surface area contributed by atoms with Crippen LogP contribution in [0.25, 0.3) is 22.3 Å². The van der Waals surface area contributed by atoms with E-state index in [9.17, 15) is 19.2 Å². The molecule has 3 amide bonds. The molecule has 14 heteroatoms. The van der Waals surface area contributed by atoms with Crippen LogP contribution >= 0.6 is 11.3 Å². The SMILES string of the molecule is C=CC1C[C@]1(NC(=O)[C@@H]1CC(Oc2cc(-c3csc(NC(C)=O)n3)nc3cc(OC)ccc23)CN1C(=O)OC(C)(C)C)C(=O)OC. The van der Waals surface area contributed by atoms with Crippen LogP contribution < -0.4 is 20.1 Å². The molecule has 2 N–H and O–H groups in total. The Morgan fingerprint density at radius 3 is 2.52 bits per heavy atom. The fourth-order valence-electron chi connectivity index (χ4n) is 5.45. The lowest BCUT2D eigenvalue weighted by Gasteiger charge is -2.28. The van der Waals surface area contributed by atoms with Crippen LogP contribution in [0.1, 0.15) is 40.5 Å². The molecular weight excluding hydrogens is 614 g/mol. The number of methoxy groups -OCH3 is 2. The number of thiazole rings is 1. The van der Waals surface area contributed by atoms with E-state index in [0.717, 1.165) is 0 Å². The van der Waals surface area contributed by atoms with E-state index in [1.807, 2.05) is 6.07 Å². The number of ether oxygens (including phenoxy) is 4. The summed E-state index contributed by atoms with van der Waals surface area (Å²) >= 11 is 1.26. The average molecular weight is 652 g/mol. The number of rotatable bonds is 9. The number of benzene rings is 1. The molecular formula is C32H37N5O8S. The lowest BCUT2D eigenvalue weighted by atomic mass is 10.1. The minimum Gasteiger partial charge on any atom is -0.497 e. The number of nitrogens with zero attached hydrogens (tertiary/aromatic N) is 3. The molecule has 1 aliphatic carbocycles. The summed E-state index contributed by atoms with van der Waals surface area (Å²) in [6.45, 7) is 10.4. The predicted octanol–water partition coefficient (Wildman–Crippen LogP) is 4.32. The number of carbonyl (C=O) groups is 4. The Labute approximate surface area is 270 Å². The van der Waals surface area contributed by atoms with Gasteiger partial charge in [0.25, 0.3) is 0 Å². The molecule has 13 nitrogen and oxygen atoms in total. The zero-order valence-electron chi connectivity index (χ0n) is 26.5. The molecule has 2 aromatic heterocycles. The predicted molar refractivity (Wildman–Crippen MR) is 171 cm³/mol. The second-order valence-electron chi connectivity index (χ2n) is 12.2. The molecule has 4 atom stereocenters. The molecule has 1 saturated carbocycles. The van der Waals surface area contributed by atoms with Gasteiger partial charge < -0.3 is 29.6 Å². The van der Waals surface area contributed by atoms with E-state index >= 15 is 0 Å². The van der Waals surface area contributed by atoms with Gasteiger partial charge >= 0.3 is 12.1 Å². The van der Waals surface area contributed by atoms with Gasteiger partial charge in [-0.3, -0.25) is 14.5 Å². The second-order valence-corrected chi connectivity index (χ2v) is 13.1. The molecule has 1 aliphatic heterocycles. The molecule has 0 spiro atoms. The third-order valence-corrected chi connectivity index (χ3v) is 8.47. The number of hydrogen-bond acceptors (Lipinski definition) is 11. The maximum atomic E-state index is 13.7. The van der Waals surface area contributed by atoms with Crippen LogP contribution in [0.5, 0.6) is 11.5 Å². The summed E-state index contributed by atoms with van der Waals surface area (Å²) < 4.78 is 22.6. The Balaban J connectivity index is 1.47. The van der Waals surface area contributed by atoms with Crippen molar-refractivity contribution < 1.29 is 38.1 Å². The highest BCUT2D eigenvalue weighted by Crippen LogP contribution is 2.45. The molecule has 1 saturated heterocycles. The number of aromatic nitrogens is 2. The molecule has 5 rings (SSSR count). The van der Waals surface area contributed by atoms with Gasteiger partial charge in [-0.05, 0) is 39.3 Å². The molecule has 2 unspecified atom stereocenters. The number of pyridine rings is 1. The van der Waals surface area contributed by atoms with Crippen molar-refractivity contribution >= 4 is 51.2 Å². The minimum atomic E-state index is -1.23. The first kappa shape index (κ1) is 32.7. The first-order valence-electron chi connectivity index (χ1n) is 14.7. The van der Waals surface area contributed by atoms with E-state index in [2.05, 4.69) is 22.2 Å². The smallest absolute Gasteiger partial charge is 0.411 e. The van der Waals surface area contributed by atoms with Crippen molar-refractivity contribution in [3.8, 4) is 22.9 Å². The summed E-state index contributed by atoms with van der Waals surface area (Å²) in [5.41, 5.74) is -0.458. The van der Waals surface area contributed by atoms with Crippen molar-refractivity contribution in [2.24, 2.45) is 5.92 Å². The normalized spacial score (nSPS) is 22.1. The lowest BCUT2D eigenvalue weighted by Crippen LogP contribution is -2.53. The van der Waals surface area contributed by atoms with Crippen LogP contribution in [0, 0.1) is 5.92 Å². The van der Waals surface area contributed by atoms with E-state index in [1.54, 1.807) is 57.5 Å². The fourth-order valence-corrected chi connectivity index (χ4v) is 6.20. The zero-order valence-corrected chi connectivity index (χ0v) is 27.4. The molecule has 244 valence electrons. The topological polar surface area (TPSA) is 158 Å². The number of amides is 3. The first-order valence-corrected chi connectivity index (χ1v) is 15.6. The maximum Gasteiger partial charge on any atom is 0.411 e. The molecule has 2 aliphatic rings. The Morgan fingerprint density at radius 1 is 1.13 bits per heavy atom. The van der Waals surface area contributed by atoms with Crippen LogP contribution in [0.2, 0.25) is 0 Å². The number of esters is 1. The van der Waals surface area contributed by atoms with Gasteiger partial charge in [0.05, 0.1) is 32.0 Å². The van der Waals surface area contributed by atoms with E-state index in [1.165, 1.54) is 30.3 Å². The summed E-state index contributed by atoms with van der Waals surface area (Å²) in [4.78, 5) is 61.9. The Hall–Kier alpha value is -4.72. The third kappa shape index (κ3) is 6.76. The highest BCUT2D eigenvalue weighted by atomic mass is 32.1. The molecule has 1 aromatic carbocycles. The average Bonchev–Trinajstić information content (AvgIpc) is 3.28. The van der Waals surface area contributed by atoms with Crippen LogP contribution in [0.3, 0.4) is 0 Å². The van der Waals surface area contributed by atoms with Crippen molar-refractivity contribution in [3.63, 3.8) is 0 Å². The van der Waals surface area contributed by atoms with Gasteiger partial charge in [-0.15, -0.1) is 17.9 Å². The van der Waals surface area contributed by atoms with E-state index in [4.69, 9.17) is 23.9 Å². The molecule has 2 fully saturated rings. The minimum absolute atomic E-state index is 0.0434. The number of anilines is 1. The largest absolute Gasteiger partial charge is 0.497 e. The fraction of sp³-hybridized carbons (Fsp3) is 0.438. The van der Waals surface area contributed by atoms with Gasteiger partial charge in [0.2, 0.25) is 11.8 Å². The second kappa shape index (κ2) is 12.6. The summed E-state index contributed by atoms with van der Waals surface area (Å²) in [7, 11) is 2.82. The van der Waals surface area contributed by atoms with Crippen LogP contribution in [-0.4, -0.2) is 82.8 Å². The number of fused-ring (bicyclic) bond motifs is 1. The number of nitrogens with one attached hydrogen (secondary N) is 2. The summed E-state index contributed by atoms with van der Waals surface area (Å²) in [5, 5.41) is 8.38. The van der Waals surface area contributed by atoms with Gasteiger partial charge in [-0.2, -0.15) is 0 Å². The summed E-state index contributed by atoms with van der Waals surface area (Å²) in [5.74, 6) is -0.587. The quantitative estimate of drug-likeness (QED) is 0.252. The monoisotopic (exact) mass is 651 g/mol. The highest BCUT2D eigenvalue weighted by molar-refractivity contribution is 7.14. The molecule has 0 bridgehead atoms. The Kier molecular flexibility index (Phi) is 8.94. The van der Waals surface area contributed by atoms with Crippen LogP contribution in [0.4, 0.5) is 9.93 Å². The van der Waals surface area contributed by atoms with Crippen LogP contribution in [-0.2, 0) is 23.9 Å². The number of hydrogen-bond donors (Lipinski definition) is 2. The zero-order chi connectivity index (χ0) is 33.4. The summed E-state index contributed by atoms with van der Waals surface area (Å²) in [6, 6.07) is 6.11. The lowest BCUT2D eigenvalue weighted by molar-refractivity contribution is -0.147. The Morgan fingerprint density at radius 2 is 1.89 bits per heavy atom.